The summed E-state index contributed by atoms with van der Waals surface area (Å²) in [6.45, 7) is -0.405. The number of hydrogen-bond acceptors (Lipinski definition) is 3. The number of alkyl halides is 2. The molecular formula is C22H21F4N3O2. The predicted molar refractivity (Wildman–Crippen MR) is 104 cm³/mol. The number of nitrogens with zero attached hydrogens (tertiary/aromatic N) is 2. The summed E-state index contributed by atoms with van der Waals surface area (Å²) in [5.41, 5.74) is 0.451. The van der Waals surface area contributed by atoms with Crippen LogP contribution in [-0.2, 0) is 11.3 Å². The average Bonchev–Trinajstić information content (AvgIpc) is 3.03. The molecule has 2 aliphatic rings. The van der Waals surface area contributed by atoms with Crippen LogP contribution in [0.15, 0.2) is 48.5 Å². The highest BCUT2D eigenvalue weighted by Gasteiger charge is 2.52. The van der Waals surface area contributed by atoms with Gasteiger partial charge in [0.15, 0.2) is 0 Å². The van der Waals surface area contributed by atoms with Crippen molar-refractivity contribution in [1.82, 2.24) is 15.1 Å². The lowest BCUT2D eigenvalue weighted by atomic mass is 10.0. The molecule has 0 aromatic heterocycles. The van der Waals surface area contributed by atoms with Crippen LogP contribution in [0.3, 0.4) is 0 Å². The highest BCUT2D eigenvalue weighted by atomic mass is 19.3. The molecule has 0 bridgehead atoms. The first kappa shape index (κ1) is 21.3. The van der Waals surface area contributed by atoms with Gasteiger partial charge < -0.3 is 10.2 Å². The highest BCUT2D eigenvalue weighted by Crippen LogP contribution is 2.35. The standard InChI is InChI=1S/C22H21F4N3O2/c23-16-6-7-18(24)15(8-16)10-27-20(30)19-9-22(25,26)13-29(19)17-11-28(12-17)21(31)14-4-2-1-3-5-14/h1-8,17,19H,9-13H2,(H,27,30)/t19-/m0/s1. The van der Waals surface area contributed by atoms with Crippen molar-refractivity contribution in [2.75, 3.05) is 19.6 Å². The van der Waals surface area contributed by atoms with Gasteiger partial charge in [0.05, 0.1) is 12.6 Å². The van der Waals surface area contributed by atoms with E-state index in [1.54, 1.807) is 35.2 Å². The van der Waals surface area contributed by atoms with Crippen molar-refractivity contribution >= 4 is 11.8 Å². The van der Waals surface area contributed by atoms with Crippen molar-refractivity contribution in [1.29, 1.82) is 0 Å². The second kappa shape index (κ2) is 8.30. The molecule has 0 aliphatic carbocycles. The molecule has 2 amide bonds. The average molecular weight is 435 g/mol. The molecule has 2 fully saturated rings. The van der Waals surface area contributed by atoms with E-state index in [0.29, 0.717) is 5.56 Å². The van der Waals surface area contributed by atoms with Gasteiger partial charge >= 0.3 is 0 Å². The number of carbonyl (C=O) groups is 2. The van der Waals surface area contributed by atoms with E-state index in [4.69, 9.17) is 0 Å². The molecule has 0 unspecified atom stereocenters. The molecule has 0 spiro atoms. The van der Waals surface area contributed by atoms with Crippen molar-refractivity contribution in [3.63, 3.8) is 0 Å². The Morgan fingerprint density at radius 3 is 2.48 bits per heavy atom. The van der Waals surface area contributed by atoms with Gasteiger partial charge in [-0.1, -0.05) is 18.2 Å². The zero-order valence-electron chi connectivity index (χ0n) is 16.5. The maximum Gasteiger partial charge on any atom is 0.262 e. The number of likely N-dealkylation sites (tertiary alicyclic amines) is 2. The van der Waals surface area contributed by atoms with E-state index in [0.717, 1.165) is 18.2 Å². The van der Waals surface area contributed by atoms with Crippen LogP contribution in [-0.4, -0.2) is 59.3 Å². The normalized spacial score (nSPS) is 21.0. The number of rotatable bonds is 5. The van der Waals surface area contributed by atoms with E-state index in [1.165, 1.54) is 4.90 Å². The minimum absolute atomic E-state index is 0.0621. The largest absolute Gasteiger partial charge is 0.351 e. The van der Waals surface area contributed by atoms with Crippen LogP contribution < -0.4 is 5.32 Å². The third-order valence-electron chi connectivity index (χ3n) is 5.71. The van der Waals surface area contributed by atoms with Crippen LogP contribution in [0.2, 0.25) is 0 Å². The van der Waals surface area contributed by atoms with E-state index >= 15 is 0 Å². The zero-order valence-corrected chi connectivity index (χ0v) is 16.5. The Labute approximate surface area is 176 Å². The van der Waals surface area contributed by atoms with Crippen LogP contribution in [0, 0.1) is 11.6 Å². The molecular weight excluding hydrogens is 414 g/mol. The summed E-state index contributed by atoms with van der Waals surface area (Å²) in [5.74, 6) is -5.25. The molecule has 2 heterocycles. The number of hydrogen-bond donors (Lipinski definition) is 1. The molecule has 9 heteroatoms. The van der Waals surface area contributed by atoms with E-state index in [-0.39, 0.29) is 37.1 Å². The van der Waals surface area contributed by atoms with E-state index in [1.807, 2.05) is 0 Å². The number of carbonyl (C=O) groups excluding carboxylic acids is 2. The van der Waals surface area contributed by atoms with Crippen molar-refractivity contribution in [3.8, 4) is 0 Å². The van der Waals surface area contributed by atoms with Crippen LogP contribution in [0.5, 0.6) is 0 Å². The van der Waals surface area contributed by atoms with Crippen molar-refractivity contribution < 1.29 is 27.2 Å². The molecule has 1 N–H and O–H groups in total. The third-order valence-corrected chi connectivity index (χ3v) is 5.71. The second-order valence-electron chi connectivity index (χ2n) is 7.93. The lowest BCUT2D eigenvalue weighted by Crippen LogP contribution is -2.63. The fourth-order valence-electron chi connectivity index (χ4n) is 4.04. The van der Waals surface area contributed by atoms with Crippen LogP contribution in [0.25, 0.3) is 0 Å². The lowest BCUT2D eigenvalue weighted by Gasteiger charge is -2.45. The summed E-state index contributed by atoms with van der Waals surface area (Å²) in [6.07, 6.45) is -0.659. The topological polar surface area (TPSA) is 52.7 Å². The zero-order chi connectivity index (χ0) is 22.2. The van der Waals surface area contributed by atoms with E-state index in [9.17, 15) is 27.2 Å². The molecule has 2 aromatic rings. The maximum absolute atomic E-state index is 14.1. The maximum atomic E-state index is 14.1. The molecule has 5 nitrogen and oxygen atoms in total. The van der Waals surface area contributed by atoms with Crippen LogP contribution in [0.4, 0.5) is 17.6 Å². The Kier molecular flexibility index (Phi) is 5.70. The van der Waals surface area contributed by atoms with Gasteiger partial charge in [0.25, 0.3) is 11.8 Å². The van der Waals surface area contributed by atoms with E-state index in [2.05, 4.69) is 5.32 Å². The van der Waals surface area contributed by atoms with Crippen LogP contribution >= 0.6 is 0 Å². The number of amides is 2. The number of benzene rings is 2. The molecule has 1 atom stereocenters. The Morgan fingerprint density at radius 1 is 1.06 bits per heavy atom. The summed E-state index contributed by atoms with van der Waals surface area (Å²) in [5, 5.41) is 2.44. The highest BCUT2D eigenvalue weighted by molar-refractivity contribution is 5.94. The van der Waals surface area contributed by atoms with Gasteiger partial charge in [0.2, 0.25) is 5.91 Å². The lowest BCUT2D eigenvalue weighted by molar-refractivity contribution is -0.127. The first-order valence-electron chi connectivity index (χ1n) is 9.93. The Balaban J connectivity index is 1.39. The summed E-state index contributed by atoms with van der Waals surface area (Å²) in [6, 6.07) is 10.0. The first-order valence-corrected chi connectivity index (χ1v) is 9.93. The monoisotopic (exact) mass is 435 g/mol. The van der Waals surface area contributed by atoms with E-state index < -0.39 is 42.5 Å². The fourth-order valence-corrected chi connectivity index (χ4v) is 4.04. The molecule has 4 rings (SSSR count). The Hall–Kier alpha value is -2.94. The summed E-state index contributed by atoms with van der Waals surface area (Å²) in [7, 11) is 0. The minimum Gasteiger partial charge on any atom is -0.351 e. The fraction of sp³-hybridized carbons (Fsp3) is 0.364. The molecule has 2 aromatic carbocycles. The molecule has 0 radical (unpaired) electrons. The predicted octanol–water partition coefficient (Wildman–Crippen LogP) is 2.82. The Morgan fingerprint density at radius 2 is 1.77 bits per heavy atom. The van der Waals surface area contributed by atoms with Gasteiger partial charge in [0.1, 0.15) is 11.6 Å². The number of nitrogens with one attached hydrogen (secondary N) is 1. The molecule has 2 aliphatic heterocycles. The smallest absolute Gasteiger partial charge is 0.262 e. The molecule has 164 valence electrons. The van der Waals surface area contributed by atoms with Gasteiger partial charge in [-0.25, -0.2) is 17.6 Å². The number of halogens is 4. The third kappa shape index (κ3) is 4.56. The van der Waals surface area contributed by atoms with Crippen molar-refractivity contribution in [2.24, 2.45) is 0 Å². The van der Waals surface area contributed by atoms with Crippen molar-refractivity contribution in [3.05, 3.63) is 71.3 Å². The SMILES string of the molecule is O=C(NCc1cc(F)ccc1F)[C@@H]1CC(F)(F)CN1C1CN(C(=O)c2ccccc2)C1. The minimum atomic E-state index is -3.05. The molecule has 2 saturated heterocycles. The second-order valence-corrected chi connectivity index (χ2v) is 7.93. The summed E-state index contributed by atoms with van der Waals surface area (Å²) < 4.78 is 55.3. The van der Waals surface area contributed by atoms with Gasteiger partial charge in [0, 0.05) is 43.2 Å². The quantitative estimate of drug-likeness (QED) is 0.735. The van der Waals surface area contributed by atoms with Crippen molar-refractivity contribution in [2.45, 2.75) is 31.0 Å². The van der Waals surface area contributed by atoms with Gasteiger partial charge in [-0.2, -0.15) is 0 Å². The summed E-state index contributed by atoms with van der Waals surface area (Å²) >= 11 is 0. The van der Waals surface area contributed by atoms with Gasteiger partial charge in [-0.3, -0.25) is 14.5 Å². The first-order chi connectivity index (χ1) is 14.7. The molecule has 0 saturated carbocycles. The molecule has 31 heavy (non-hydrogen) atoms. The van der Waals surface area contributed by atoms with Gasteiger partial charge in [-0.05, 0) is 30.3 Å². The Bertz CT molecular complexity index is 980. The van der Waals surface area contributed by atoms with Crippen LogP contribution in [0.1, 0.15) is 22.3 Å². The van der Waals surface area contributed by atoms with Gasteiger partial charge in [-0.15, -0.1) is 0 Å². The summed E-state index contributed by atoms with van der Waals surface area (Å²) in [4.78, 5) is 28.0.